The predicted octanol–water partition coefficient (Wildman–Crippen LogP) is 2.68. The highest BCUT2D eigenvalue weighted by Gasteiger charge is 2.25. The number of nitrogens with zero attached hydrogens (tertiary/aromatic N) is 4. The summed E-state index contributed by atoms with van der Waals surface area (Å²) in [5, 5.41) is 8.58. The third-order valence-corrected chi connectivity index (χ3v) is 5.44. The van der Waals surface area contributed by atoms with Gasteiger partial charge in [0, 0.05) is 18.2 Å². The van der Waals surface area contributed by atoms with E-state index in [1.165, 1.54) is 35.0 Å². The number of aromatic nitrogens is 3. The quantitative estimate of drug-likeness (QED) is 0.653. The summed E-state index contributed by atoms with van der Waals surface area (Å²) >= 11 is 1.28. The Morgan fingerprint density at radius 3 is 2.80 bits per heavy atom. The molecule has 1 atom stereocenters. The van der Waals surface area contributed by atoms with Crippen molar-refractivity contribution in [3.8, 4) is 11.4 Å². The summed E-state index contributed by atoms with van der Waals surface area (Å²) in [4.78, 5) is 14.5. The van der Waals surface area contributed by atoms with E-state index < -0.39 is 0 Å². The molecule has 1 aliphatic heterocycles. The first-order valence-corrected chi connectivity index (χ1v) is 9.47. The SMILES string of the molecule is CC[C@@H]1CCCCN1C(=O)CSc1nnc(-c2ccc(F)cc2)n1N. The van der Waals surface area contributed by atoms with Gasteiger partial charge in [-0.1, -0.05) is 18.7 Å². The first-order valence-electron chi connectivity index (χ1n) is 8.49. The van der Waals surface area contributed by atoms with Gasteiger partial charge in [0.1, 0.15) is 5.82 Å². The number of piperidine rings is 1. The number of benzene rings is 1. The number of hydrogen-bond acceptors (Lipinski definition) is 5. The highest BCUT2D eigenvalue weighted by molar-refractivity contribution is 7.99. The average molecular weight is 363 g/mol. The van der Waals surface area contributed by atoms with Crippen LogP contribution < -0.4 is 5.84 Å². The third-order valence-electron chi connectivity index (χ3n) is 4.51. The van der Waals surface area contributed by atoms with Gasteiger partial charge in [0.25, 0.3) is 0 Å². The molecule has 1 fully saturated rings. The maximum Gasteiger partial charge on any atom is 0.233 e. The molecule has 25 heavy (non-hydrogen) atoms. The van der Waals surface area contributed by atoms with Crippen molar-refractivity contribution in [3.05, 3.63) is 30.1 Å². The first-order chi connectivity index (χ1) is 12.1. The molecular formula is C17H22FN5OS. The molecule has 6 nitrogen and oxygen atoms in total. The summed E-state index contributed by atoms with van der Waals surface area (Å²) in [5.74, 6) is 6.57. The average Bonchev–Trinajstić information content (AvgIpc) is 3.01. The van der Waals surface area contributed by atoms with Crippen LogP contribution in [0.1, 0.15) is 32.6 Å². The van der Waals surface area contributed by atoms with Crippen molar-refractivity contribution in [1.82, 2.24) is 19.8 Å². The molecule has 2 aromatic rings. The Labute approximate surface area is 150 Å². The summed E-state index contributed by atoms with van der Waals surface area (Å²) in [5.41, 5.74) is 0.677. The van der Waals surface area contributed by atoms with E-state index in [0.29, 0.717) is 22.6 Å². The number of nitrogens with two attached hydrogens (primary N) is 1. The van der Waals surface area contributed by atoms with E-state index in [4.69, 9.17) is 5.84 Å². The predicted molar refractivity (Wildman–Crippen MR) is 95.9 cm³/mol. The number of thioether (sulfide) groups is 1. The van der Waals surface area contributed by atoms with Crippen molar-refractivity contribution in [1.29, 1.82) is 0 Å². The van der Waals surface area contributed by atoms with Crippen molar-refractivity contribution in [2.24, 2.45) is 0 Å². The first kappa shape index (κ1) is 17.7. The molecule has 8 heteroatoms. The molecule has 0 radical (unpaired) electrons. The number of nitrogen functional groups attached to an aromatic ring is 1. The molecule has 1 aliphatic rings. The van der Waals surface area contributed by atoms with Crippen LogP contribution in [-0.4, -0.2) is 44.0 Å². The topological polar surface area (TPSA) is 77.0 Å². The molecule has 0 spiro atoms. The van der Waals surface area contributed by atoms with E-state index in [0.717, 1.165) is 25.8 Å². The van der Waals surface area contributed by atoms with E-state index >= 15 is 0 Å². The van der Waals surface area contributed by atoms with Gasteiger partial charge in [-0.2, -0.15) is 0 Å². The lowest BCUT2D eigenvalue weighted by atomic mass is 10.0. The van der Waals surface area contributed by atoms with Gasteiger partial charge in [0.2, 0.25) is 11.1 Å². The van der Waals surface area contributed by atoms with Crippen LogP contribution in [0.15, 0.2) is 29.4 Å². The number of rotatable bonds is 5. The van der Waals surface area contributed by atoms with Gasteiger partial charge in [-0.25, -0.2) is 9.07 Å². The number of likely N-dealkylation sites (tertiary alicyclic amines) is 1. The second kappa shape index (κ2) is 7.86. The number of carbonyl (C=O) groups excluding carboxylic acids is 1. The molecular weight excluding hydrogens is 341 g/mol. The van der Waals surface area contributed by atoms with E-state index in [1.54, 1.807) is 12.1 Å². The molecule has 0 bridgehead atoms. The lowest BCUT2D eigenvalue weighted by Gasteiger charge is -2.35. The molecule has 0 aliphatic carbocycles. The number of carbonyl (C=O) groups is 1. The minimum atomic E-state index is -0.320. The minimum Gasteiger partial charge on any atom is -0.339 e. The van der Waals surface area contributed by atoms with Gasteiger partial charge >= 0.3 is 0 Å². The fourth-order valence-corrected chi connectivity index (χ4v) is 3.88. The Morgan fingerprint density at radius 2 is 2.08 bits per heavy atom. The molecule has 134 valence electrons. The van der Waals surface area contributed by atoms with Crippen molar-refractivity contribution in [2.45, 2.75) is 43.8 Å². The minimum absolute atomic E-state index is 0.114. The van der Waals surface area contributed by atoms with Crippen LogP contribution in [0.4, 0.5) is 4.39 Å². The van der Waals surface area contributed by atoms with E-state index in [9.17, 15) is 9.18 Å². The van der Waals surface area contributed by atoms with Crippen LogP contribution in [-0.2, 0) is 4.79 Å². The van der Waals surface area contributed by atoms with Crippen molar-refractivity contribution >= 4 is 17.7 Å². The Hall–Kier alpha value is -2.09. The summed E-state index contributed by atoms with van der Waals surface area (Å²) in [6, 6.07) is 6.24. The Morgan fingerprint density at radius 1 is 1.32 bits per heavy atom. The second-order valence-corrected chi connectivity index (χ2v) is 7.06. The Kier molecular flexibility index (Phi) is 5.57. The zero-order chi connectivity index (χ0) is 17.8. The summed E-state index contributed by atoms with van der Waals surface area (Å²) in [6.45, 7) is 2.95. The van der Waals surface area contributed by atoms with Gasteiger partial charge in [-0.15, -0.1) is 10.2 Å². The van der Waals surface area contributed by atoms with Crippen LogP contribution in [0.2, 0.25) is 0 Å². The standard InChI is InChI=1S/C17H22FN5OS/c1-2-14-5-3-4-10-22(14)15(24)11-25-17-21-20-16(23(17)19)12-6-8-13(18)9-7-12/h6-9,14H,2-5,10-11,19H2,1H3/t14-/m1/s1. The van der Waals surface area contributed by atoms with Crippen molar-refractivity contribution < 1.29 is 9.18 Å². The van der Waals surface area contributed by atoms with Gasteiger partial charge in [-0.05, 0) is 49.9 Å². The highest BCUT2D eigenvalue weighted by Crippen LogP contribution is 2.24. The smallest absolute Gasteiger partial charge is 0.233 e. The van der Waals surface area contributed by atoms with Gasteiger partial charge in [0.15, 0.2) is 5.82 Å². The monoisotopic (exact) mass is 363 g/mol. The van der Waals surface area contributed by atoms with Gasteiger partial charge in [0.05, 0.1) is 5.75 Å². The van der Waals surface area contributed by atoms with Gasteiger partial charge in [-0.3, -0.25) is 4.79 Å². The largest absolute Gasteiger partial charge is 0.339 e. The van der Waals surface area contributed by atoms with E-state index in [-0.39, 0.29) is 17.5 Å². The fourth-order valence-electron chi connectivity index (χ4n) is 3.13. The number of hydrogen-bond donors (Lipinski definition) is 1. The maximum absolute atomic E-state index is 13.0. The molecule has 1 aromatic carbocycles. The molecule has 1 amide bonds. The normalized spacial score (nSPS) is 17.7. The number of amides is 1. The maximum atomic E-state index is 13.0. The van der Waals surface area contributed by atoms with Crippen LogP contribution in [0.3, 0.4) is 0 Å². The van der Waals surface area contributed by atoms with E-state index in [2.05, 4.69) is 17.1 Å². The lowest BCUT2D eigenvalue weighted by Crippen LogP contribution is -2.44. The summed E-state index contributed by atoms with van der Waals surface area (Å²) in [7, 11) is 0. The molecule has 0 unspecified atom stereocenters. The Bertz CT molecular complexity index is 733. The fraction of sp³-hybridized carbons (Fsp3) is 0.471. The molecule has 1 saturated heterocycles. The lowest BCUT2D eigenvalue weighted by molar-refractivity contribution is -0.132. The second-order valence-electron chi connectivity index (χ2n) is 6.12. The van der Waals surface area contributed by atoms with Crippen molar-refractivity contribution in [2.75, 3.05) is 18.1 Å². The Balaban J connectivity index is 1.65. The van der Waals surface area contributed by atoms with Crippen LogP contribution in [0, 0.1) is 5.82 Å². The van der Waals surface area contributed by atoms with Crippen LogP contribution in [0.5, 0.6) is 0 Å². The molecule has 0 saturated carbocycles. The number of halogens is 1. The summed E-state index contributed by atoms with van der Waals surface area (Å²) < 4.78 is 14.4. The summed E-state index contributed by atoms with van der Waals surface area (Å²) in [6.07, 6.45) is 4.31. The van der Waals surface area contributed by atoms with Gasteiger partial charge < -0.3 is 10.7 Å². The van der Waals surface area contributed by atoms with Crippen molar-refractivity contribution in [3.63, 3.8) is 0 Å². The zero-order valence-electron chi connectivity index (χ0n) is 14.2. The molecule has 2 N–H and O–H groups in total. The zero-order valence-corrected chi connectivity index (χ0v) is 15.0. The highest BCUT2D eigenvalue weighted by atomic mass is 32.2. The van der Waals surface area contributed by atoms with Crippen LogP contribution >= 0.6 is 11.8 Å². The van der Waals surface area contributed by atoms with E-state index in [1.807, 2.05) is 4.90 Å². The third kappa shape index (κ3) is 3.95. The van der Waals surface area contributed by atoms with Crippen LogP contribution in [0.25, 0.3) is 11.4 Å². The molecule has 1 aromatic heterocycles. The molecule has 3 rings (SSSR count). The molecule has 2 heterocycles.